The van der Waals surface area contributed by atoms with Crippen molar-refractivity contribution in [1.82, 2.24) is 5.32 Å². The molecule has 2 aromatic carbocycles. The molecule has 1 aliphatic heterocycles. The fourth-order valence-electron chi connectivity index (χ4n) is 5.14. The summed E-state index contributed by atoms with van der Waals surface area (Å²) >= 11 is 12.5. The SMILES string of the molecule is CC(C)OC(C)C(=O)NCC(CCC1CC[N+](C)(Cc2ccccc2)CC1)c1ccc(Cl)c(Cl)c1. The van der Waals surface area contributed by atoms with E-state index in [1.165, 1.54) is 31.5 Å². The van der Waals surface area contributed by atoms with Crippen LogP contribution in [-0.2, 0) is 16.1 Å². The first kappa shape index (κ1) is 28.0. The molecule has 0 saturated carbocycles. The van der Waals surface area contributed by atoms with E-state index in [0.717, 1.165) is 29.4 Å². The standard InChI is InChI=1S/C29H40Cl2N2O2/c1-21(2)35-22(3)29(34)32-19-26(25-12-13-27(30)28(31)18-25)11-10-23-14-16-33(4,17-15-23)20-24-8-6-5-7-9-24/h5-9,12-13,18,21-23,26H,10-11,14-17,19-20H2,1-4H3/p+1. The van der Waals surface area contributed by atoms with Crippen molar-refractivity contribution in [2.45, 2.75) is 71.1 Å². The van der Waals surface area contributed by atoms with Crippen LogP contribution in [0.3, 0.4) is 0 Å². The Hall–Kier alpha value is -1.59. The summed E-state index contributed by atoms with van der Waals surface area (Å²) in [6.07, 6.45) is 4.17. The van der Waals surface area contributed by atoms with E-state index in [1.807, 2.05) is 32.0 Å². The minimum atomic E-state index is -0.470. The number of carbonyl (C=O) groups excluding carboxylic acids is 1. The molecule has 1 aliphatic rings. The van der Waals surface area contributed by atoms with Gasteiger partial charge in [0.25, 0.3) is 0 Å². The second-order valence-electron chi connectivity index (χ2n) is 10.7. The number of carbonyl (C=O) groups is 1. The van der Waals surface area contributed by atoms with Crippen LogP contribution in [-0.4, -0.2) is 49.3 Å². The molecule has 0 aliphatic carbocycles. The molecular weight excluding hydrogens is 479 g/mol. The van der Waals surface area contributed by atoms with Crippen LogP contribution in [0.1, 0.15) is 63.5 Å². The summed E-state index contributed by atoms with van der Waals surface area (Å²) in [4.78, 5) is 12.6. The molecular formula is C29H41Cl2N2O2+. The minimum Gasteiger partial charge on any atom is -0.366 e. The van der Waals surface area contributed by atoms with E-state index in [4.69, 9.17) is 27.9 Å². The lowest BCUT2D eigenvalue weighted by molar-refractivity contribution is -0.928. The number of likely N-dealkylation sites (tertiary alicyclic amines) is 1. The fraction of sp³-hybridized carbons (Fsp3) is 0.552. The average molecular weight is 521 g/mol. The lowest BCUT2D eigenvalue weighted by atomic mass is 9.85. The summed E-state index contributed by atoms with van der Waals surface area (Å²) in [5.41, 5.74) is 2.54. The van der Waals surface area contributed by atoms with E-state index >= 15 is 0 Å². The first-order valence-electron chi connectivity index (χ1n) is 12.9. The average Bonchev–Trinajstić information content (AvgIpc) is 2.82. The molecule has 2 unspecified atom stereocenters. The van der Waals surface area contributed by atoms with Gasteiger partial charge in [-0.2, -0.15) is 0 Å². The summed E-state index contributed by atoms with van der Waals surface area (Å²) in [7, 11) is 2.39. The molecule has 1 amide bonds. The third-order valence-electron chi connectivity index (χ3n) is 7.27. The lowest BCUT2D eigenvalue weighted by Crippen LogP contribution is -2.49. The van der Waals surface area contributed by atoms with Crippen LogP contribution < -0.4 is 5.32 Å². The van der Waals surface area contributed by atoms with Gasteiger partial charge in [0.15, 0.2) is 0 Å². The van der Waals surface area contributed by atoms with Crippen LogP contribution in [0.2, 0.25) is 10.0 Å². The number of halogens is 2. The number of hydrogen-bond donors (Lipinski definition) is 1. The number of rotatable bonds is 11. The zero-order chi connectivity index (χ0) is 25.4. The number of benzene rings is 2. The van der Waals surface area contributed by atoms with E-state index in [-0.39, 0.29) is 17.9 Å². The van der Waals surface area contributed by atoms with Gasteiger partial charge in [0.05, 0.1) is 36.3 Å². The van der Waals surface area contributed by atoms with Crippen molar-refractivity contribution in [3.63, 3.8) is 0 Å². The van der Waals surface area contributed by atoms with Crippen LogP contribution in [0.15, 0.2) is 48.5 Å². The molecule has 1 saturated heterocycles. The van der Waals surface area contributed by atoms with Gasteiger partial charge in [0, 0.05) is 18.0 Å². The molecule has 0 spiro atoms. The maximum absolute atomic E-state index is 12.6. The maximum atomic E-state index is 12.6. The fourth-order valence-corrected chi connectivity index (χ4v) is 5.45. The van der Waals surface area contributed by atoms with Crippen molar-refractivity contribution in [1.29, 1.82) is 0 Å². The second-order valence-corrected chi connectivity index (χ2v) is 11.5. The van der Waals surface area contributed by atoms with Crippen LogP contribution in [0.5, 0.6) is 0 Å². The third-order valence-corrected chi connectivity index (χ3v) is 8.01. The Bertz CT molecular complexity index is 943. The Morgan fingerprint density at radius 1 is 1.06 bits per heavy atom. The Balaban J connectivity index is 1.57. The monoisotopic (exact) mass is 519 g/mol. The van der Waals surface area contributed by atoms with Crippen molar-refractivity contribution < 1.29 is 14.0 Å². The van der Waals surface area contributed by atoms with Gasteiger partial charge in [-0.1, -0.05) is 59.6 Å². The predicted octanol–water partition coefficient (Wildman–Crippen LogP) is 6.84. The number of nitrogens with one attached hydrogen (secondary N) is 1. The molecule has 0 bridgehead atoms. The highest BCUT2D eigenvalue weighted by Gasteiger charge is 2.30. The molecule has 1 N–H and O–H groups in total. The minimum absolute atomic E-state index is 0.0129. The van der Waals surface area contributed by atoms with Crippen molar-refractivity contribution in [2.24, 2.45) is 5.92 Å². The van der Waals surface area contributed by atoms with Gasteiger partial charge in [0.1, 0.15) is 12.6 Å². The predicted molar refractivity (Wildman–Crippen MR) is 146 cm³/mol. The van der Waals surface area contributed by atoms with Gasteiger partial charge in [-0.15, -0.1) is 0 Å². The molecule has 6 heteroatoms. The first-order chi connectivity index (χ1) is 16.6. The number of piperidine rings is 1. The van der Waals surface area contributed by atoms with E-state index < -0.39 is 6.10 Å². The largest absolute Gasteiger partial charge is 0.366 e. The Morgan fingerprint density at radius 3 is 2.37 bits per heavy atom. The van der Waals surface area contributed by atoms with Crippen molar-refractivity contribution in [3.8, 4) is 0 Å². The molecule has 192 valence electrons. The topological polar surface area (TPSA) is 38.3 Å². The Labute approximate surface area is 221 Å². The van der Waals surface area contributed by atoms with Crippen molar-refractivity contribution in [2.75, 3.05) is 26.7 Å². The van der Waals surface area contributed by atoms with Gasteiger partial charge in [-0.3, -0.25) is 4.79 Å². The van der Waals surface area contributed by atoms with Crippen LogP contribution >= 0.6 is 23.2 Å². The molecule has 0 radical (unpaired) electrons. The van der Waals surface area contributed by atoms with Gasteiger partial charge >= 0.3 is 0 Å². The summed E-state index contributed by atoms with van der Waals surface area (Å²) in [6.45, 7) is 9.76. The molecule has 35 heavy (non-hydrogen) atoms. The lowest BCUT2D eigenvalue weighted by Gasteiger charge is -2.41. The van der Waals surface area contributed by atoms with Crippen LogP contribution in [0.4, 0.5) is 0 Å². The zero-order valence-corrected chi connectivity index (χ0v) is 23.1. The normalized spacial score (nSPS) is 22.1. The van der Waals surface area contributed by atoms with E-state index in [1.54, 1.807) is 6.92 Å². The number of ether oxygens (including phenoxy) is 1. The first-order valence-corrected chi connectivity index (χ1v) is 13.7. The number of hydrogen-bond acceptors (Lipinski definition) is 2. The van der Waals surface area contributed by atoms with Gasteiger partial charge in [-0.25, -0.2) is 0 Å². The van der Waals surface area contributed by atoms with Gasteiger partial charge < -0.3 is 14.5 Å². The van der Waals surface area contributed by atoms with Crippen LogP contribution in [0.25, 0.3) is 0 Å². The van der Waals surface area contributed by atoms with E-state index in [0.29, 0.717) is 22.5 Å². The van der Waals surface area contributed by atoms with Gasteiger partial charge in [0.2, 0.25) is 5.91 Å². The highest BCUT2D eigenvalue weighted by atomic mass is 35.5. The smallest absolute Gasteiger partial charge is 0.248 e. The molecule has 3 rings (SSSR count). The molecule has 2 aromatic rings. The molecule has 2 atom stereocenters. The van der Waals surface area contributed by atoms with Gasteiger partial charge in [-0.05, 0) is 70.1 Å². The Morgan fingerprint density at radius 2 is 1.74 bits per heavy atom. The number of amides is 1. The zero-order valence-electron chi connectivity index (χ0n) is 21.6. The number of quaternary nitrogens is 1. The maximum Gasteiger partial charge on any atom is 0.248 e. The second kappa shape index (κ2) is 13.1. The highest BCUT2D eigenvalue weighted by Crippen LogP contribution is 2.33. The van der Waals surface area contributed by atoms with Crippen molar-refractivity contribution in [3.05, 3.63) is 69.7 Å². The number of nitrogens with zero attached hydrogens (tertiary/aromatic N) is 1. The summed E-state index contributed by atoms with van der Waals surface area (Å²) in [5, 5.41) is 4.22. The quantitative estimate of drug-likeness (QED) is 0.330. The Kier molecular flexibility index (Phi) is 10.5. The third kappa shape index (κ3) is 8.78. The summed E-state index contributed by atoms with van der Waals surface area (Å²) in [6, 6.07) is 16.7. The highest BCUT2D eigenvalue weighted by molar-refractivity contribution is 6.42. The molecule has 1 fully saturated rings. The molecule has 1 heterocycles. The van der Waals surface area contributed by atoms with Crippen molar-refractivity contribution >= 4 is 29.1 Å². The van der Waals surface area contributed by atoms with E-state index in [2.05, 4.69) is 42.7 Å². The molecule has 0 aromatic heterocycles. The van der Waals surface area contributed by atoms with Crippen LogP contribution in [0, 0.1) is 5.92 Å². The summed E-state index contributed by atoms with van der Waals surface area (Å²) < 4.78 is 6.76. The van der Waals surface area contributed by atoms with E-state index in [9.17, 15) is 4.79 Å². The molecule has 4 nitrogen and oxygen atoms in total. The summed E-state index contributed by atoms with van der Waals surface area (Å²) in [5.74, 6) is 0.823.